The third-order valence-corrected chi connectivity index (χ3v) is 5.54. The quantitative estimate of drug-likeness (QED) is 0.378. The maximum Gasteiger partial charge on any atom is 0.278 e. The van der Waals surface area contributed by atoms with Crippen LogP contribution in [-0.2, 0) is 14.3 Å². The molecule has 6 nitrogen and oxygen atoms in total. The molecule has 1 aliphatic rings. The Morgan fingerprint density at radius 3 is 2.38 bits per heavy atom. The normalized spacial score (nSPS) is 13.8. The minimum absolute atomic E-state index is 0.262. The molecule has 0 bridgehead atoms. The first-order valence-electron chi connectivity index (χ1n) is 10.8. The van der Waals surface area contributed by atoms with Crippen molar-refractivity contribution >= 4 is 34.7 Å². The van der Waals surface area contributed by atoms with E-state index in [0.29, 0.717) is 48.1 Å². The standard InChI is InChI=1S/C25H29ClN2O4/c1-4-5-14-32-15-6-13-28-24(29)22(18-7-10-20(31-3)11-8-18)23(25(28)30)27-21-12-9-19(26)16-17(21)2/h7-12,16,27H,4-6,13-15H2,1-3H3. The fourth-order valence-corrected chi connectivity index (χ4v) is 3.72. The van der Waals surface area contributed by atoms with Crippen LogP contribution in [0.15, 0.2) is 48.2 Å². The number of hydrogen-bond donors (Lipinski definition) is 1. The van der Waals surface area contributed by atoms with Gasteiger partial charge in [0.05, 0.1) is 12.7 Å². The van der Waals surface area contributed by atoms with Gasteiger partial charge in [0, 0.05) is 30.5 Å². The summed E-state index contributed by atoms with van der Waals surface area (Å²) < 4.78 is 10.8. The molecule has 32 heavy (non-hydrogen) atoms. The van der Waals surface area contributed by atoms with Crippen molar-refractivity contribution in [2.45, 2.75) is 33.1 Å². The van der Waals surface area contributed by atoms with Gasteiger partial charge in [-0.25, -0.2) is 0 Å². The molecule has 1 heterocycles. The number of imide groups is 1. The highest BCUT2D eigenvalue weighted by Gasteiger charge is 2.39. The molecule has 7 heteroatoms. The van der Waals surface area contributed by atoms with Crippen molar-refractivity contribution in [2.75, 3.05) is 32.2 Å². The Morgan fingerprint density at radius 2 is 1.72 bits per heavy atom. The van der Waals surface area contributed by atoms with Gasteiger partial charge in [-0.05, 0) is 61.2 Å². The number of halogens is 1. The Hall–Kier alpha value is -2.83. The first-order valence-corrected chi connectivity index (χ1v) is 11.2. The number of benzene rings is 2. The summed E-state index contributed by atoms with van der Waals surface area (Å²) in [6, 6.07) is 12.5. The van der Waals surface area contributed by atoms with Crippen LogP contribution in [0.3, 0.4) is 0 Å². The first-order chi connectivity index (χ1) is 15.5. The van der Waals surface area contributed by atoms with Crippen molar-refractivity contribution in [3.05, 3.63) is 64.3 Å². The Labute approximate surface area is 194 Å². The van der Waals surface area contributed by atoms with Crippen molar-refractivity contribution in [2.24, 2.45) is 0 Å². The molecule has 2 aromatic rings. The second kappa shape index (κ2) is 11.2. The van der Waals surface area contributed by atoms with Gasteiger partial charge >= 0.3 is 0 Å². The number of nitrogens with one attached hydrogen (secondary N) is 1. The minimum atomic E-state index is -0.344. The summed E-state index contributed by atoms with van der Waals surface area (Å²) >= 11 is 6.07. The van der Waals surface area contributed by atoms with Crippen LogP contribution in [0, 0.1) is 6.92 Å². The van der Waals surface area contributed by atoms with Crippen molar-refractivity contribution in [3.63, 3.8) is 0 Å². The van der Waals surface area contributed by atoms with Gasteiger partial charge in [0.15, 0.2) is 0 Å². The average molecular weight is 457 g/mol. The van der Waals surface area contributed by atoms with Gasteiger partial charge in [0.25, 0.3) is 11.8 Å². The summed E-state index contributed by atoms with van der Waals surface area (Å²) in [7, 11) is 1.58. The SMILES string of the molecule is CCCCOCCCN1C(=O)C(Nc2ccc(Cl)cc2C)=C(c2ccc(OC)cc2)C1=O. The van der Waals surface area contributed by atoms with E-state index in [0.717, 1.165) is 24.1 Å². The number of aryl methyl sites for hydroxylation is 1. The smallest absolute Gasteiger partial charge is 0.278 e. The molecule has 0 spiro atoms. The predicted octanol–water partition coefficient (Wildman–Crippen LogP) is 5.06. The maximum atomic E-state index is 13.3. The number of nitrogens with zero attached hydrogens (tertiary/aromatic N) is 1. The number of anilines is 1. The molecule has 3 rings (SSSR count). The van der Waals surface area contributed by atoms with Crippen LogP contribution in [0.2, 0.25) is 5.02 Å². The van der Waals surface area contributed by atoms with Crippen molar-refractivity contribution in [1.29, 1.82) is 0 Å². The summed E-state index contributed by atoms with van der Waals surface area (Å²) in [5, 5.41) is 3.80. The molecule has 0 aliphatic carbocycles. The predicted molar refractivity (Wildman–Crippen MR) is 127 cm³/mol. The molecule has 2 amide bonds. The molecule has 1 N–H and O–H groups in total. The van der Waals surface area contributed by atoms with Crippen LogP contribution < -0.4 is 10.1 Å². The fourth-order valence-electron chi connectivity index (χ4n) is 3.50. The van der Waals surface area contributed by atoms with Crippen LogP contribution in [0.25, 0.3) is 5.57 Å². The van der Waals surface area contributed by atoms with Crippen molar-refractivity contribution in [3.8, 4) is 5.75 Å². The molecule has 170 valence electrons. The summed E-state index contributed by atoms with van der Waals surface area (Å²) in [5.41, 5.74) is 2.86. The monoisotopic (exact) mass is 456 g/mol. The van der Waals surface area contributed by atoms with Crippen LogP contribution in [-0.4, -0.2) is 43.6 Å². The number of ether oxygens (including phenoxy) is 2. The molecule has 0 unspecified atom stereocenters. The number of rotatable bonds is 11. The van der Waals surface area contributed by atoms with Crippen molar-refractivity contribution in [1.82, 2.24) is 4.90 Å². The highest BCUT2D eigenvalue weighted by molar-refractivity contribution is 6.36. The highest BCUT2D eigenvalue weighted by atomic mass is 35.5. The Balaban J connectivity index is 1.86. The number of amides is 2. The van der Waals surface area contributed by atoms with Gasteiger partial charge in [-0.1, -0.05) is 37.1 Å². The van der Waals surface area contributed by atoms with E-state index in [-0.39, 0.29) is 17.5 Å². The van der Waals surface area contributed by atoms with E-state index in [1.54, 1.807) is 43.5 Å². The minimum Gasteiger partial charge on any atom is -0.497 e. The Morgan fingerprint density at radius 1 is 1.00 bits per heavy atom. The number of methoxy groups -OCH3 is 1. The topological polar surface area (TPSA) is 67.9 Å². The van der Waals surface area contributed by atoms with Crippen molar-refractivity contribution < 1.29 is 19.1 Å². The van der Waals surface area contributed by atoms with Crippen LogP contribution >= 0.6 is 11.6 Å². The van der Waals surface area contributed by atoms with Crippen LogP contribution in [0.1, 0.15) is 37.3 Å². The molecule has 0 fully saturated rings. The second-order valence-electron chi connectivity index (χ2n) is 7.64. The largest absolute Gasteiger partial charge is 0.497 e. The number of carbonyl (C=O) groups excluding carboxylic acids is 2. The van der Waals surface area contributed by atoms with Gasteiger partial charge in [-0.15, -0.1) is 0 Å². The van der Waals surface area contributed by atoms with Gasteiger partial charge in [0.1, 0.15) is 11.4 Å². The lowest BCUT2D eigenvalue weighted by Gasteiger charge is -2.15. The molecular weight excluding hydrogens is 428 g/mol. The van der Waals surface area contributed by atoms with Crippen LogP contribution in [0.4, 0.5) is 5.69 Å². The van der Waals surface area contributed by atoms with E-state index in [4.69, 9.17) is 21.1 Å². The molecule has 0 saturated carbocycles. The zero-order valence-electron chi connectivity index (χ0n) is 18.7. The molecule has 0 aromatic heterocycles. The summed E-state index contributed by atoms with van der Waals surface area (Å²) in [6.45, 7) is 5.50. The van der Waals surface area contributed by atoms with E-state index in [2.05, 4.69) is 12.2 Å². The number of carbonyl (C=O) groups is 2. The summed E-state index contributed by atoms with van der Waals surface area (Å²) in [5.74, 6) is 0.0156. The molecule has 0 saturated heterocycles. The lowest BCUT2D eigenvalue weighted by Crippen LogP contribution is -2.34. The average Bonchev–Trinajstić information content (AvgIpc) is 3.02. The summed E-state index contributed by atoms with van der Waals surface area (Å²) in [4.78, 5) is 27.8. The lowest BCUT2D eigenvalue weighted by molar-refractivity contribution is -0.137. The zero-order valence-corrected chi connectivity index (χ0v) is 19.5. The van der Waals surface area contributed by atoms with E-state index < -0.39 is 0 Å². The zero-order chi connectivity index (χ0) is 23.1. The molecule has 2 aromatic carbocycles. The fraction of sp³-hybridized carbons (Fsp3) is 0.360. The maximum absolute atomic E-state index is 13.3. The molecular formula is C25H29ClN2O4. The summed E-state index contributed by atoms with van der Waals surface area (Å²) in [6.07, 6.45) is 2.65. The van der Waals surface area contributed by atoms with E-state index in [1.165, 1.54) is 4.90 Å². The number of hydrogen-bond acceptors (Lipinski definition) is 5. The van der Waals surface area contributed by atoms with E-state index in [1.807, 2.05) is 13.0 Å². The van der Waals surface area contributed by atoms with Gasteiger partial charge in [-0.3, -0.25) is 14.5 Å². The second-order valence-corrected chi connectivity index (χ2v) is 8.08. The molecule has 0 atom stereocenters. The first kappa shape index (κ1) is 23.8. The Kier molecular flexibility index (Phi) is 8.31. The third-order valence-electron chi connectivity index (χ3n) is 5.31. The third kappa shape index (κ3) is 5.50. The number of unbranched alkanes of at least 4 members (excludes halogenated alkanes) is 1. The highest BCUT2D eigenvalue weighted by Crippen LogP contribution is 2.32. The van der Waals surface area contributed by atoms with Gasteiger partial charge in [0.2, 0.25) is 0 Å². The Bertz CT molecular complexity index is 1000. The van der Waals surface area contributed by atoms with E-state index in [9.17, 15) is 9.59 Å². The van der Waals surface area contributed by atoms with Gasteiger partial charge < -0.3 is 14.8 Å². The molecule has 1 aliphatic heterocycles. The lowest BCUT2D eigenvalue weighted by atomic mass is 10.0. The van der Waals surface area contributed by atoms with Crippen LogP contribution in [0.5, 0.6) is 5.75 Å². The van der Waals surface area contributed by atoms with Gasteiger partial charge in [-0.2, -0.15) is 0 Å². The molecule has 0 radical (unpaired) electrons. The van der Waals surface area contributed by atoms with E-state index >= 15 is 0 Å².